The quantitative estimate of drug-likeness (QED) is 0.536. The van der Waals surface area contributed by atoms with Crippen LogP contribution in [0.15, 0.2) is 36.4 Å². The summed E-state index contributed by atoms with van der Waals surface area (Å²) >= 11 is 0. The lowest BCUT2D eigenvalue weighted by molar-refractivity contribution is 0.00578. The third kappa shape index (κ3) is 4.63. The number of likely N-dealkylation sites (tertiary alicyclic amines) is 1. The average molecular weight is 395 g/mol. The number of benzene rings is 2. The lowest BCUT2D eigenvalue weighted by Crippen LogP contribution is -2.41. The van der Waals surface area contributed by atoms with Crippen LogP contribution >= 0.6 is 0 Å². The molecule has 0 N–H and O–H groups in total. The van der Waals surface area contributed by atoms with Crippen LogP contribution in [0.4, 0.5) is 0 Å². The second-order valence-corrected chi connectivity index (χ2v) is 9.46. The molecule has 0 unspecified atom stereocenters. The molecule has 2 aromatic rings. The van der Waals surface area contributed by atoms with Crippen molar-refractivity contribution in [3.05, 3.63) is 36.4 Å². The van der Waals surface area contributed by atoms with Gasteiger partial charge in [0.1, 0.15) is 5.75 Å². The van der Waals surface area contributed by atoms with Crippen molar-refractivity contribution in [1.82, 2.24) is 4.90 Å². The average Bonchev–Trinajstić information content (AvgIpc) is 2.93. The Morgan fingerprint density at radius 3 is 2.31 bits per heavy atom. The summed E-state index contributed by atoms with van der Waals surface area (Å²) in [5.74, 6) is 0.933. The number of hydrogen-bond donors (Lipinski definition) is 0. The van der Waals surface area contributed by atoms with Crippen molar-refractivity contribution in [1.29, 1.82) is 0 Å². The summed E-state index contributed by atoms with van der Waals surface area (Å²) in [6.07, 6.45) is 5.15. The number of nitrogens with zero attached hydrogens (tertiary/aromatic N) is 1. The van der Waals surface area contributed by atoms with Crippen molar-refractivity contribution in [2.75, 3.05) is 26.2 Å². The van der Waals surface area contributed by atoms with Gasteiger partial charge in [0.05, 0.1) is 17.8 Å². The summed E-state index contributed by atoms with van der Waals surface area (Å²) in [4.78, 5) is 2.56. The topological polar surface area (TPSA) is 30.9 Å². The molecule has 156 valence electrons. The number of ether oxygens (including phenoxy) is 1. The highest BCUT2D eigenvalue weighted by Crippen LogP contribution is 2.36. The van der Waals surface area contributed by atoms with Crippen LogP contribution < -0.4 is 10.2 Å². The highest BCUT2D eigenvalue weighted by molar-refractivity contribution is 6.62. The van der Waals surface area contributed by atoms with Gasteiger partial charge in [-0.15, -0.1) is 0 Å². The van der Waals surface area contributed by atoms with Crippen molar-refractivity contribution in [2.45, 2.75) is 64.6 Å². The minimum absolute atomic E-state index is 0.327. The zero-order valence-corrected chi connectivity index (χ0v) is 18.4. The van der Waals surface area contributed by atoms with E-state index >= 15 is 0 Å². The van der Waals surface area contributed by atoms with Gasteiger partial charge in [0.2, 0.25) is 0 Å². The van der Waals surface area contributed by atoms with Crippen molar-refractivity contribution in [3.8, 4) is 5.75 Å². The first-order valence-corrected chi connectivity index (χ1v) is 11.1. The van der Waals surface area contributed by atoms with Crippen molar-refractivity contribution in [3.63, 3.8) is 0 Å². The summed E-state index contributed by atoms with van der Waals surface area (Å²) in [5, 5.41) is 2.36. The Morgan fingerprint density at radius 1 is 0.897 bits per heavy atom. The van der Waals surface area contributed by atoms with Gasteiger partial charge in [-0.25, -0.2) is 0 Å². The summed E-state index contributed by atoms with van der Waals surface area (Å²) in [5.41, 5.74) is 0.399. The molecular formula is C24H34BNO3. The molecule has 2 aliphatic heterocycles. The van der Waals surface area contributed by atoms with E-state index in [2.05, 4.69) is 69.0 Å². The van der Waals surface area contributed by atoms with Crippen molar-refractivity contribution < 1.29 is 14.0 Å². The summed E-state index contributed by atoms with van der Waals surface area (Å²) in [7, 11) is -0.335. The fourth-order valence-electron chi connectivity index (χ4n) is 4.12. The first-order chi connectivity index (χ1) is 13.8. The molecule has 0 spiro atoms. The van der Waals surface area contributed by atoms with Crippen molar-refractivity contribution >= 4 is 23.4 Å². The molecule has 2 fully saturated rings. The van der Waals surface area contributed by atoms with E-state index in [1.165, 1.54) is 37.7 Å². The van der Waals surface area contributed by atoms with Gasteiger partial charge in [0.25, 0.3) is 0 Å². The van der Waals surface area contributed by atoms with Gasteiger partial charge >= 0.3 is 7.12 Å². The zero-order chi connectivity index (χ0) is 20.5. The van der Waals surface area contributed by atoms with E-state index in [0.717, 1.165) is 36.2 Å². The van der Waals surface area contributed by atoms with E-state index in [9.17, 15) is 0 Å². The fourth-order valence-corrected chi connectivity index (χ4v) is 4.12. The highest BCUT2D eigenvalue weighted by atomic mass is 16.7. The Morgan fingerprint density at radius 2 is 1.59 bits per heavy atom. The standard InChI is InChI=1S/C24H34BNO3/c1-23(2)24(3,4)29-25(28-23)21-11-9-19-10-12-22(18-20(19)17-21)27-16-8-15-26-13-6-5-7-14-26/h9-12,17-18H,5-8,13-16H2,1-4H3. The molecule has 0 aliphatic carbocycles. The Kier molecular flexibility index (Phi) is 5.92. The van der Waals surface area contributed by atoms with Gasteiger partial charge < -0.3 is 18.9 Å². The zero-order valence-electron chi connectivity index (χ0n) is 18.4. The van der Waals surface area contributed by atoms with Crippen molar-refractivity contribution in [2.24, 2.45) is 0 Å². The van der Waals surface area contributed by atoms with E-state index in [1.807, 2.05) is 0 Å². The Hall–Kier alpha value is -1.56. The van der Waals surface area contributed by atoms with Gasteiger partial charge in [-0.1, -0.05) is 30.7 Å². The van der Waals surface area contributed by atoms with Gasteiger partial charge in [-0.2, -0.15) is 0 Å². The molecule has 2 aliphatic rings. The minimum Gasteiger partial charge on any atom is -0.494 e. The van der Waals surface area contributed by atoms with Gasteiger partial charge in [-0.3, -0.25) is 0 Å². The molecule has 4 rings (SSSR count). The molecule has 4 nitrogen and oxygen atoms in total. The third-order valence-corrected chi connectivity index (χ3v) is 6.70. The maximum absolute atomic E-state index is 6.21. The first-order valence-electron chi connectivity index (χ1n) is 11.1. The third-order valence-electron chi connectivity index (χ3n) is 6.70. The number of rotatable bonds is 6. The van der Waals surface area contributed by atoms with E-state index in [4.69, 9.17) is 14.0 Å². The molecule has 0 bridgehead atoms. The van der Waals surface area contributed by atoms with Crippen LogP contribution in [0.1, 0.15) is 53.4 Å². The summed E-state index contributed by atoms with van der Waals surface area (Å²) in [6, 6.07) is 12.7. The van der Waals surface area contributed by atoms with Crippen LogP contribution in [0.2, 0.25) is 0 Å². The first kappa shape index (κ1) is 20.7. The Labute approximate surface area is 175 Å². The minimum atomic E-state index is -0.335. The van der Waals surface area contributed by atoms with Gasteiger partial charge in [0, 0.05) is 6.54 Å². The predicted molar refractivity (Wildman–Crippen MR) is 120 cm³/mol. The largest absolute Gasteiger partial charge is 0.494 e. The van der Waals surface area contributed by atoms with E-state index in [0.29, 0.717) is 0 Å². The normalized spacial score (nSPS) is 21.6. The lowest BCUT2D eigenvalue weighted by Gasteiger charge is -2.32. The second-order valence-electron chi connectivity index (χ2n) is 9.46. The Balaban J connectivity index is 1.39. The van der Waals surface area contributed by atoms with Crippen LogP contribution in [0.25, 0.3) is 10.8 Å². The van der Waals surface area contributed by atoms with Crippen LogP contribution in [0, 0.1) is 0 Å². The van der Waals surface area contributed by atoms with Crippen LogP contribution in [-0.2, 0) is 9.31 Å². The molecule has 0 amide bonds. The number of piperidine rings is 1. The lowest BCUT2D eigenvalue weighted by atomic mass is 9.78. The second kappa shape index (κ2) is 8.29. The van der Waals surface area contributed by atoms with E-state index in [1.54, 1.807) is 0 Å². The van der Waals surface area contributed by atoms with Crippen LogP contribution in [-0.4, -0.2) is 49.5 Å². The molecule has 29 heavy (non-hydrogen) atoms. The maximum atomic E-state index is 6.21. The predicted octanol–water partition coefficient (Wildman–Crippen LogP) is 4.39. The molecule has 0 radical (unpaired) electrons. The molecule has 0 atom stereocenters. The smallest absolute Gasteiger partial charge is 0.494 e. The number of hydrogen-bond acceptors (Lipinski definition) is 4. The maximum Gasteiger partial charge on any atom is 0.494 e. The van der Waals surface area contributed by atoms with Gasteiger partial charge in [-0.05, 0) is 88.4 Å². The van der Waals surface area contributed by atoms with E-state index in [-0.39, 0.29) is 18.3 Å². The molecule has 2 saturated heterocycles. The molecular weight excluding hydrogens is 361 g/mol. The summed E-state index contributed by atoms with van der Waals surface area (Å²) in [6.45, 7) is 12.7. The SMILES string of the molecule is CC1(C)OB(c2ccc3ccc(OCCCN4CCCCC4)cc3c2)OC1(C)C. The van der Waals surface area contributed by atoms with Crippen LogP contribution in [0.3, 0.4) is 0 Å². The molecule has 0 saturated carbocycles. The summed E-state index contributed by atoms with van der Waals surface area (Å²) < 4.78 is 18.5. The number of fused-ring (bicyclic) bond motifs is 1. The Bertz CT molecular complexity index is 829. The monoisotopic (exact) mass is 395 g/mol. The van der Waals surface area contributed by atoms with E-state index < -0.39 is 0 Å². The molecule has 5 heteroatoms. The van der Waals surface area contributed by atoms with Crippen LogP contribution in [0.5, 0.6) is 5.75 Å². The highest BCUT2D eigenvalue weighted by Gasteiger charge is 2.51. The molecule has 2 heterocycles. The molecule has 2 aromatic carbocycles. The molecule has 0 aromatic heterocycles. The fraction of sp³-hybridized carbons (Fsp3) is 0.583. The van der Waals surface area contributed by atoms with Gasteiger partial charge in [0.15, 0.2) is 0 Å².